The van der Waals surface area contributed by atoms with Crippen LogP contribution in [0.4, 0.5) is 0 Å². The van der Waals surface area contributed by atoms with Gasteiger partial charge in [0.25, 0.3) is 0 Å². The van der Waals surface area contributed by atoms with Crippen molar-refractivity contribution >= 4 is 19.9 Å². The van der Waals surface area contributed by atoms with E-state index in [-0.39, 0.29) is 6.61 Å². The Labute approximate surface area is 208 Å². The Hall–Kier alpha value is 0.180. The van der Waals surface area contributed by atoms with Crippen LogP contribution in [0.5, 0.6) is 0 Å². The Morgan fingerprint density at radius 2 is 1.18 bits per heavy atom. The molecule has 0 radical (unpaired) electrons. The molecule has 0 aromatic heterocycles. The Morgan fingerprint density at radius 3 is 1.70 bits per heavy atom. The van der Waals surface area contributed by atoms with E-state index >= 15 is 0 Å². The highest BCUT2D eigenvalue weighted by Crippen LogP contribution is 2.32. The highest BCUT2D eigenvalue weighted by Gasteiger charge is 2.18. The minimum Gasteiger partial charge on any atom is -0.316 e. The summed E-state index contributed by atoms with van der Waals surface area (Å²) in [5.74, 6) is 4.28. The van der Waals surface area contributed by atoms with E-state index in [1.165, 1.54) is 89.9 Å². The normalized spacial score (nSPS) is 26.5. The maximum Gasteiger partial charge on any atom is 0.322 e. The van der Waals surface area contributed by atoms with Gasteiger partial charge in [-0.1, -0.05) is 90.9 Å². The van der Waals surface area contributed by atoms with Crippen molar-refractivity contribution < 1.29 is 12.6 Å². The van der Waals surface area contributed by atoms with Gasteiger partial charge < -0.3 is 10.6 Å². The highest BCUT2D eigenvalue weighted by molar-refractivity contribution is 8.70. The van der Waals surface area contributed by atoms with E-state index in [1.54, 1.807) is 0 Å². The number of hydrogen-bond donors (Lipinski definition) is 2. The van der Waals surface area contributed by atoms with E-state index in [4.69, 9.17) is 4.18 Å². The molecular formula is C26H52N2O3S2. The minimum absolute atomic E-state index is 0.225. The average Bonchev–Trinajstić information content (AvgIpc) is 2.79. The summed E-state index contributed by atoms with van der Waals surface area (Å²) in [7, 11) is -2.56. The second-order valence-electron chi connectivity index (χ2n) is 10.8. The van der Waals surface area contributed by atoms with Crippen LogP contribution >= 0.6 is 10.8 Å². The van der Waals surface area contributed by atoms with Crippen molar-refractivity contribution in [1.29, 1.82) is 0 Å². The van der Waals surface area contributed by atoms with Crippen molar-refractivity contribution in [2.45, 2.75) is 104 Å². The summed E-state index contributed by atoms with van der Waals surface area (Å²) >= 11 is 0. The third-order valence-electron chi connectivity index (χ3n) is 7.72. The second-order valence-corrected chi connectivity index (χ2v) is 14.4. The van der Waals surface area contributed by atoms with Gasteiger partial charge in [-0.15, -0.1) is 0 Å². The molecule has 2 rings (SSSR count). The molecule has 0 spiro atoms. The summed E-state index contributed by atoms with van der Waals surface area (Å²) in [6, 6.07) is 0. The lowest BCUT2D eigenvalue weighted by Gasteiger charge is -2.26. The Bertz CT molecular complexity index is 528. The van der Waals surface area contributed by atoms with Crippen LogP contribution in [0.15, 0.2) is 0 Å². The fourth-order valence-electron chi connectivity index (χ4n) is 5.32. The van der Waals surface area contributed by atoms with E-state index < -0.39 is 9.15 Å². The Balaban J connectivity index is 1.32. The zero-order valence-electron chi connectivity index (χ0n) is 21.5. The molecule has 0 amide bonds. The predicted octanol–water partition coefficient (Wildman–Crippen LogP) is 6.15. The number of unbranched alkanes of at least 4 members (excludes halogenated alkanes) is 2. The molecule has 0 heterocycles. The van der Waals surface area contributed by atoms with Gasteiger partial charge in [0.1, 0.15) is 0 Å². The van der Waals surface area contributed by atoms with Crippen LogP contribution < -0.4 is 10.6 Å². The summed E-state index contributed by atoms with van der Waals surface area (Å²) in [6.45, 7) is 8.21. The molecule has 0 bridgehead atoms. The first-order valence-electron chi connectivity index (χ1n) is 13.9. The molecular weight excluding hydrogens is 452 g/mol. The smallest absolute Gasteiger partial charge is 0.316 e. The molecule has 0 aromatic carbocycles. The maximum atomic E-state index is 12.0. The summed E-state index contributed by atoms with van der Waals surface area (Å²) < 4.78 is 29.1. The molecule has 196 valence electrons. The molecule has 2 saturated carbocycles. The second kappa shape index (κ2) is 17.6. The van der Waals surface area contributed by atoms with E-state index in [0.29, 0.717) is 18.8 Å². The minimum atomic E-state index is -3.48. The molecule has 2 N–H and O–H groups in total. The number of nitrogens with one attached hydrogen (secondary N) is 2. The van der Waals surface area contributed by atoms with Crippen LogP contribution in [0.1, 0.15) is 104 Å². The van der Waals surface area contributed by atoms with Crippen LogP contribution in [-0.2, 0) is 13.3 Å². The average molecular weight is 505 g/mol. The third kappa shape index (κ3) is 15.0. The van der Waals surface area contributed by atoms with Crippen LogP contribution in [0.25, 0.3) is 0 Å². The molecule has 0 unspecified atom stereocenters. The fraction of sp³-hybridized carbons (Fsp3) is 1.00. The van der Waals surface area contributed by atoms with Crippen LogP contribution in [0.3, 0.4) is 0 Å². The molecule has 33 heavy (non-hydrogen) atoms. The quantitative estimate of drug-likeness (QED) is 0.172. The zero-order valence-corrected chi connectivity index (χ0v) is 23.1. The van der Waals surface area contributed by atoms with E-state index in [0.717, 1.165) is 47.6 Å². The zero-order chi connectivity index (χ0) is 23.8. The van der Waals surface area contributed by atoms with Crippen molar-refractivity contribution in [1.82, 2.24) is 10.6 Å². The largest absolute Gasteiger partial charge is 0.322 e. The van der Waals surface area contributed by atoms with Crippen LogP contribution in [0, 0.1) is 23.7 Å². The molecule has 2 fully saturated rings. The summed E-state index contributed by atoms with van der Waals surface area (Å²) in [5, 5.41) is 6.68. The monoisotopic (exact) mass is 504 g/mol. The van der Waals surface area contributed by atoms with Crippen molar-refractivity contribution in [3.05, 3.63) is 0 Å². The first-order chi connectivity index (χ1) is 15.9. The number of hydrogen-bond acceptors (Lipinski definition) is 6. The molecule has 7 heteroatoms. The molecule has 2 aliphatic rings. The Morgan fingerprint density at radius 1 is 0.697 bits per heavy atom. The fourth-order valence-corrected chi connectivity index (χ4v) is 7.38. The van der Waals surface area contributed by atoms with Crippen molar-refractivity contribution in [3.63, 3.8) is 0 Å². The van der Waals surface area contributed by atoms with Gasteiger partial charge in [0.2, 0.25) is 0 Å². The lowest BCUT2D eigenvalue weighted by Crippen LogP contribution is -2.23. The van der Waals surface area contributed by atoms with E-state index in [1.807, 2.05) is 0 Å². The lowest BCUT2D eigenvalue weighted by atomic mass is 9.81. The van der Waals surface area contributed by atoms with Crippen LogP contribution in [-0.4, -0.2) is 47.0 Å². The molecule has 0 aromatic rings. The highest BCUT2D eigenvalue weighted by atomic mass is 33.1. The molecule has 0 saturated heterocycles. The van der Waals surface area contributed by atoms with E-state index in [2.05, 4.69) is 24.5 Å². The molecule has 0 aliphatic heterocycles. The Kier molecular flexibility index (Phi) is 15.7. The molecule has 5 nitrogen and oxygen atoms in total. The van der Waals surface area contributed by atoms with Gasteiger partial charge in [0.05, 0.1) is 6.61 Å². The van der Waals surface area contributed by atoms with Gasteiger partial charge in [-0.3, -0.25) is 4.18 Å². The number of rotatable bonds is 18. The van der Waals surface area contributed by atoms with Gasteiger partial charge in [-0.05, 0) is 60.4 Å². The van der Waals surface area contributed by atoms with Crippen LogP contribution in [0.2, 0.25) is 0 Å². The first kappa shape index (κ1) is 29.4. The van der Waals surface area contributed by atoms with Crippen molar-refractivity contribution in [3.8, 4) is 0 Å². The topological polar surface area (TPSA) is 67.4 Å². The third-order valence-corrected chi connectivity index (χ3v) is 10.5. The molecule has 2 aliphatic carbocycles. The standard InChI is InChI=1S/C26H52N2O3S2/c1-23-9-13-25(14-10-23)7-3-5-17-27-19-21-31-33(29,30)32-22-20-28-18-6-4-8-26-15-11-24(2)12-16-26/h23-28H,3-22H2,1-2H3. The predicted molar refractivity (Wildman–Crippen MR) is 143 cm³/mol. The van der Waals surface area contributed by atoms with Gasteiger partial charge in [-0.2, -0.15) is 8.42 Å². The van der Waals surface area contributed by atoms with Crippen molar-refractivity contribution in [2.75, 3.05) is 38.5 Å². The first-order valence-corrected chi connectivity index (χ1v) is 16.8. The van der Waals surface area contributed by atoms with Gasteiger partial charge in [-0.25, -0.2) is 0 Å². The summed E-state index contributed by atoms with van der Waals surface area (Å²) in [5.41, 5.74) is 0. The SMILES string of the molecule is CC1CCC(CCCCNCCOS(=O)(=O)SCCNCCCCC2CCC(C)CC2)CC1. The summed E-state index contributed by atoms with van der Waals surface area (Å²) in [4.78, 5) is 0. The van der Waals surface area contributed by atoms with E-state index in [9.17, 15) is 8.42 Å². The maximum absolute atomic E-state index is 12.0. The summed E-state index contributed by atoms with van der Waals surface area (Å²) in [6.07, 6.45) is 18.9. The van der Waals surface area contributed by atoms with Gasteiger partial charge >= 0.3 is 9.15 Å². The lowest BCUT2D eigenvalue weighted by molar-refractivity contribution is 0.271. The van der Waals surface area contributed by atoms with Crippen molar-refractivity contribution in [2.24, 2.45) is 23.7 Å². The molecule has 0 atom stereocenters. The van der Waals surface area contributed by atoms with Gasteiger partial charge in [0.15, 0.2) is 0 Å². The van der Waals surface area contributed by atoms with Gasteiger partial charge in [0, 0.05) is 18.8 Å².